The van der Waals surface area contributed by atoms with Crippen molar-refractivity contribution in [3.8, 4) is 0 Å². The molecule has 1 aromatic carbocycles. The Morgan fingerprint density at radius 1 is 1.30 bits per heavy atom. The third-order valence-corrected chi connectivity index (χ3v) is 3.75. The SMILES string of the molecule is CC(=O)c1ccc(N(C)Cc2cccc(C)n2)c(Br)c1. The third kappa shape index (κ3) is 3.45. The molecular weight excluding hydrogens is 316 g/mol. The van der Waals surface area contributed by atoms with Gasteiger partial charge in [-0.05, 0) is 60.1 Å². The highest BCUT2D eigenvalue weighted by molar-refractivity contribution is 9.10. The van der Waals surface area contributed by atoms with Gasteiger partial charge >= 0.3 is 0 Å². The van der Waals surface area contributed by atoms with Crippen LogP contribution in [0.1, 0.15) is 28.7 Å². The Morgan fingerprint density at radius 3 is 2.65 bits per heavy atom. The highest BCUT2D eigenvalue weighted by atomic mass is 79.9. The zero-order valence-corrected chi connectivity index (χ0v) is 13.4. The van der Waals surface area contributed by atoms with Crippen molar-refractivity contribution in [1.29, 1.82) is 0 Å². The molecule has 0 saturated carbocycles. The van der Waals surface area contributed by atoms with Gasteiger partial charge in [0.15, 0.2) is 5.78 Å². The molecule has 0 N–H and O–H groups in total. The zero-order chi connectivity index (χ0) is 14.7. The summed E-state index contributed by atoms with van der Waals surface area (Å²) in [5, 5.41) is 0. The van der Waals surface area contributed by atoms with E-state index < -0.39 is 0 Å². The Hall–Kier alpha value is -1.68. The number of carbonyl (C=O) groups is 1. The van der Waals surface area contributed by atoms with E-state index in [4.69, 9.17) is 0 Å². The summed E-state index contributed by atoms with van der Waals surface area (Å²) in [6, 6.07) is 11.7. The van der Waals surface area contributed by atoms with Crippen LogP contribution in [0.15, 0.2) is 40.9 Å². The fraction of sp³-hybridized carbons (Fsp3) is 0.250. The lowest BCUT2D eigenvalue weighted by Crippen LogP contribution is -2.18. The second-order valence-corrected chi connectivity index (χ2v) is 5.70. The van der Waals surface area contributed by atoms with Crippen LogP contribution in [0.3, 0.4) is 0 Å². The molecule has 0 fully saturated rings. The zero-order valence-electron chi connectivity index (χ0n) is 11.9. The highest BCUT2D eigenvalue weighted by Gasteiger charge is 2.09. The minimum absolute atomic E-state index is 0.0697. The molecule has 0 aliphatic rings. The minimum atomic E-state index is 0.0697. The number of benzene rings is 1. The van der Waals surface area contributed by atoms with Crippen molar-refractivity contribution in [2.24, 2.45) is 0 Å². The molecule has 3 nitrogen and oxygen atoms in total. The monoisotopic (exact) mass is 332 g/mol. The first-order chi connectivity index (χ1) is 9.47. The first kappa shape index (κ1) is 14.7. The van der Waals surface area contributed by atoms with Gasteiger partial charge in [0.2, 0.25) is 0 Å². The second-order valence-electron chi connectivity index (χ2n) is 4.85. The molecule has 0 spiro atoms. The molecule has 0 unspecified atom stereocenters. The molecular formula is C16H17BrN2O. The van der Waals surface area contributed by atoms with Crippen LogP contribution >= 0.6 is 15.9 Å². The maximum absolute atomic E-state index is 11.4. The number of hydrogen-bond acceptors (Lipinski definition) is 3. The first-order valence-electron chi connectivity index (χ1n) is 6.41. The average molecular weight is 333 g/mol. The molecule has 1 aromatic heterocycles. The van der Waals surface area contributed by atoms with Crippen LogP contribution in [0.4, 0.5) is 5.69 Å². The number of nitrogens with zero attached hydrogens (tertiary/aromatic N) is 2. The van der Waals surface area contributed by atoms with Crippen LogP contribution in [-0.4, -0.2) is 17.8 Å². The number of aromatic nitrogens is 1. The molecule has 0 bridgehead atoms. The van der Waals surface area contributed by atoms with Gasteiger partial charge in [-0.15, -0.1) is 0 Å². The van der Waals surface area contributed by atoms with Crippen LogP contribution < -0.4 is 4.90 Å². The maximum Gasteiger partial charge on any atom is 0.159 e. The third-order valence-electron chi connectivity index (χ3n) is 3.11. The van der Waals surface area contributed by atoms with Crippen LogP contribution in [0.2, 0.25) is 0 Å². The lowest BCUT2D eigenvalue weighted by Gasteiger charge is -2.21. The normalized spacial score (nSPS) is 10.4. The lowest BCUT2D eigenvalue weighted by molar-refractivity contribution is 0.101. The summed E-state index contributed by atoms with van der Waals surface area (Å²) in [5.74, 6) is 0.0697. The van der Waals surface area contributed by atoms with Gasteiger partial charge in [0.05, 0.1) is 17.9 Å². The second kappa shape index (κ2) is 6.18. The van der Waals surface area contributed by atoms with E-state index in [0.717, 1.165) is 28.1 Å². The number of halogens is 1. The molecule has 0 aliphatic heterocycles. The largest absolute Gasteiger partial charge is 0.368 e. The van der Waals surface area contributed by atoms with Gasteiger partial charge in [-0.25, -0.2) is 0 Å². The van der Waals surface area contributed by atoms with Crippen LogP contribution in [0.5, 0.6) is 0 Å². The molecule has 4 heteroatoms. The Morgan fingerprint density at radius 2 is 2.05 bits per heavy atom. The summed E-state index contributed by atoms with van der Waals surface area (Å²) in [6.45, 7) is 4.28. The Labute approximate surface area is 127 Å². The topological polar surface area (TPSA) is 33.2 Å². The molecule has 0 aliphatic carbocycles. The predicted molar refractivity (Wildman–Crippen MR) is 85.2 cm³/mol. The Bertz CT molecular complexity index is 640. The number of Topliss-reactive ketones (excluding diaryl/α,β-unsaturated/α-hetero) is 1. The van der Waals surface area contributed by atoms with Gasteiger partial charge in [-0.1, -0.05) is 6.07 Å². The van der Waals surface area contributed by atoms with Gasteiger partial charge in [0.25, 0.3) is 0 Å². The number of anilines is 1. The van der Waals surface area contributed by atoms with Crippen molar-refractivity contribution >= 4 is 27.4 Å². The molecule has 1 heterocycles. The van der Waals surface area contributed by atoms with E-state index in [9.17, 15) is 4.79 Å². The average Bonchev–Trinajstić information content (AvgIpc) is 2.38. The first-order valence-corrected chi connectivity index (χ1v) is 7.21. The van der Waals surface area contributed by atoms with Crippen molar-refractivity contribution in [2.45, 2.75) is 20.4 Å². The fourth-order valence-corrected chi connectivity index (χ4v) is 2.73. The molecule has 0 radical (unpaired) electrons. The van der Waals surface area contributed by atoms with Crippen LogP contribution in [0.25, 0.3) is 0 Å². The van der Waals surface area contributed by atoms with Crippen LogP contribution in [-0.2, 0) is 6.54 Å². The van der Waals surface area contributed by atoms with E-state index in [0.29, 0.717) is 5.56 Å². The number of carbonyl (C=O) groups excluding carboxylic acids is 1. The highest BCUT2D eigenvalue weighted by Crippen LogP contribution is 2.27. The summed E-state index contributed by atoms with van der Waals surface area (Å²) >= 11 is 3.53. The number of aryl methyl sites for hydroxylation is 1. The molecule has 2 rings (SSSR count). The van der Waals surface area contributed by atoms with Gasteiger partial charge < -0.3 is 4.90 Å². The van der Waals surface area contributed by atoms with E-state index in [1.54, 1.807) is 6.92 Å². The quantitative estimate of drug-likeness (QED) is 0.793. The van der Waals surface area contributed by atoms with E-state index >= 15 is 0 Å². The summed E-state index contributed by atoms with van der Waals surface area (Å²) < 4.78 is 0.917. The van der Waals surface area contributed by atoms with E-state index in [1.165, 1.54) is 0 Å². The fourth-order valence-electron chi connectivity index (χ4n) is 2.05. The molecule has 2 aromatic rings. The van der Waals surface area contributed by atoms with Crippen molar-refractivity contribution < 1.29 is 4.79 Å². The minimum Gasteiger partial charge on any atom is -0.368 e. The van der Waals surface area contributed by atoms with E-state index in [1.807, 2.05) is 50.4 Å². The van der Waals surface area contributed by atoms with Crippen LogP contribution in [0, 0.1) is 6.92 Å². The standard InChI is InChI=1S/C16H17BrN2O/c1-11-5-4-6-14(18-11)10-19(3)16-8-7-13(12(2)20)9-15(16)17/h4-9H,10H2,1-3H3. The smallest absolute Gasteiger partial charge is 0.159 e. The Kier molecular flexibility index (Phi) is 4.55. The van der Waals surface area contributed by atoms with Crippen molar-refractivity contribution in [3.63, 3.8) is 0 Å². The van der Waals surface area contributed by atoms with Crippen molar-refractivity contribution in [2.75, 3.05) is 11.9 Å². The lowest BCUT2D eigenvalue weighted by atomic mass is 10.1. The summed E-state index contributed by atoms with van der Waals surface area (Å²) in [4.78, 5) is 18.0. The summed E-state index contributed by atoms with van der Waals surface area (Å²) in [5.41, 5.74) is 3.79. The molecule has 0 amide bonds. The van der Waals surface area contributed by atoms with Crippen molar-refractivity contribution in [1.82, 2.24) is 4.98 Å². The number of pyridine rings is 1. The van der Waals surface area contributed by atoms with Gasteiger partial charge in [-0.3, -0.25) is 9.78 Å². The van der Waals surface area contributed by atoms with Gasteiger partial charge in [-0.2, -0.15) is 0 Å². The number of hydrogen-bond donors (Lipinski definition) is 0. The van der Waals surface area contributed by atoms with Gasteiger partial charge in [0, 0.05) is 22.8 Å². The van der Waals surface area contributed by atoms with Crippen molar-refractivity contribution in [3.05, 3.63) is 57.8 Å². The number of ketones is 1. The predicted octanol–water partition coefficient (Wildman–Crippen LogP) is 3.99. The molecule has 104 valence electrons. The number of rotatable bonds is 4. The van der Waals surface area contributed by atoms with E-state index in [-0.39, 0.29) is 5.78 Å². The van der Waals surface area contributed by atoms with E-state index in [2.05, 4.69) is 25.8 Å². The molecule has 0 saturated heterocycles. The molecule has 20 heavy (non-hydrogen) atoms. The molecule has 0 atom stereocenters. The Balaban J connectivity index is 2.21. The summed E-state index contributed by atoms with van der Waals surface area (Å²) in [6.07, 6.45) is 0. The maximum atomic E-state index is 11.4. The van der Waals surface area contributed by atoms with Gasteiger partial charge in [0.1, 0.15) is 0 Å². The summed E-state index contributed by atoms with van der Waals surface area (Å²) in [7, 11) is 2.01.